The number of sulfonamides is 1. The van der Waals surface area contributed by atoms with Crippen LogP contribution in [-0.2, 0) is 16.4 Å². The van der Waals surface area contributed by atoms with Crippen molar-refractivity contribution in [3.8, 4) is 0 Å². The maximum Gasteiger partial charge on any atom is 0.240 e. The van der Waals surface area contributed by atoms with E-state index in [1.54, 1.807) is 0 Å². The van der Waals surface area contributed by atoms with Crippen LogP contribution in [0.1, 0.15) is 12.2 Å². The lowest BCUT2D eigenvalue weighted by atomic mass is 10.3. The zero-order chi connectivity index (χ0) is 14.6. The summed E-state index contributed by atoms with van der Waals surface area (Å²) in [6.45, 7) is 0.285. The summed E-state index contributed by atoms with van der Waals surface area (Å²) in [4.78, 5) is 4.00. The lowest BCUT2D eigenvalue weighted by molar-refractivity contribution is 0.578. The highest BCUT2D eigenvalue weighted by Gasteiger charge is 2.14. The van der Waals surface area contributed by atoms with Gasteiger partial charge in [0.15, 0.2) is 0 Å². The van der Waals surface area contributed by atoms with E-state index >= 15 is 0 Å². The monoisotopic (exact) mass is 334 g/mol. The van der Waals surface area contributed by atoms with Crippen molar-refractivity contribution in [1.82, 2.24) is 19.9 Å². The molecule has 1 heterocycles. The molecule has 0 atom stereocenters. The van der Waals surface area contributed by atoms with Crippen LogP contribution in [0, 0.1) is 0 Å². The molecule has 0 bridgehead atoms. The molecule has 108 valence electrons. The highest BCUT2D eigenvalue weighted by Crippen LogP contribution is 2.22. The molecule has 0 aliphatic heterocycles. The fraction of sp³-hybridized carbons (Fsp3) is 0.273. The topological polar surface area (TPSA) is 87.7 Å². The Kier molecular flexibility index (Phi) is 4.98. The first-order valence-corrected chi connectivity index (χ1v) is 8.01. The molecular weight excluding hydrogens is 323 g/mol. The number of hydrogen-bond donors (Lipinski definition) is 2. The molecule has 0 saturated carbocycles. The second-order valence-corrected chi connectivity index (χ2v) is 6.68. The maximum absolute atomic E-state index is 12.0. The predicted octanol–water partition coefficient (Wildman–Crippen LogP) is 2.02. The highest BCUT2D eigenvalue weighted by atomic mass is 35.5. The first-order chi connectivity index (χ1) is 9.47. The summed E-state index contributed by atoms with van der Waals surface area (Å²) in [5.41, 5.74) is 0. The van der Waals surface area contributed by atoms with Crippen molar-refractivity contribution in [3.63, 3.8) is 0 Å². The van der Waals surface area contributed by atoms with Gasteiger partial charge in [0.1, 0.15) is 12.2 Å². The lowest BCUT2D eigenvalue weighted by Gasteiger charge is -2.07. The maximum atomic E-state index is 12.0. The molecule has 6 nitrogen and oxygen atoms in total. The van der Waals surface area contributed by atoms with Crippen molar-refractivity contribution in [2.75, 3.05) is 6.54 Å². The summed E-state index contributed by atoms with van der Waals surface area (Å²) in [7, 11) is -3.61. The zero-order valence-corrected chi connectivity index (χ0v) is 12.6. The molecule has 0 unspecified atom stereocenters. The Morgan fingerprint density at radius 2 is 1.90 bits per heavy atom. The van der Waals surface area contributed by atoms with Gasteiger partial charge >= 0.3 is 0 Å². The molecule has 2 rings (SSSR count). The minimum absolute atomic E-state index is 0.0506. The molecule has 0 aliphatic rings. The predicted molar refractivity (Wildman–Crippen MR) is 76.4 cm³/mol. The van der Waals surface area contributed by atoms with Gasteiger partial charge in [-0.3, -0.25) is 5.10 Å². The van der Waals surface area contributed by atoms with E-state index in [1.807, 2.05) is 0 Å². The second kappa shape index (κ2) is 6.53. The first-order valence-electron chi connectivity index (χ1n) is 5.77. The van der Waals surface area contributed by atoms with E-state index in [-0.39, 0.29) is 21.5 Å². The number of aromatic amines is 1. The Morgan fingerprint density at radius 3 is 2.50 bits per heavy atom. The molecule has 0 spiro atoms. The quantitative estimate of drug-likeness (QED) is 0.791. The van der Waals surface area contributed by atoms with Gasteiger partial charge in [0, 0.05) is 23.0 Å². The number of aromatic nitrogens is 3. The highest BCUT2D eigenvalue weighted by molar-refractivity contribution is 7.89. The summed E-state index contributed by atoms with van der Waals surface area (Å²) < 4.78 is 26.6. The largest absolute Gasteiger partial charge is 0.263 e. The molecule has 1 aromatic carbocycles. The Bertz CT molecular complexity index is 653. The number of rotatable bonds is 6. The Labute approximate surface area is 126 Å². The average molecular weight is 335 g/mol. The van der Waals surface area contributed by atoms with Crippen molar-refractivity contribution in [2.45, 2.75) is 17.7 Å². The zero-order valence-electron chi connectivity index (χ0n) is 10.3. The van der Waals surface area contributed by atoms with Crippen LogP contribution in [0.25, 0.3) is 0 Å². The van der Waals surface area contributed by atoms with Gasteiger partial charge in [-0.1, -0.05) is 23.2 Å². The number of halogens is 2. The van der Waals surface area contributed by atoms with Crippen molar-refractivity contribution in [3.05, 3.63) is 40.4 Å². The number of hydrogen-bond acceptors (Lipinski definition) is 4. The fourth-order valence-electron chi connectivity index (χ4n) is 1.58. The van der Waals surface area contributed by atoms with Crippen molar-refractivity contribution < 1.29 is 8.42 Å². The smallest absolute Gasteiger partial charge is 0.240 e. The summed E-state index contributed by atoms with van der Waals surface area (Å²) in [5, 5.41) is 6.98. The minimum Gasteiger partial charge on any atom is -0.263 e. The fourth-order valence-corrected chi connectivity index (χ4v) is 3.38. The molecule has 0 amide bonds. The van der Waals surface area contributed by atoms with Gasteiger partial charge in [0.2, 0.25) is 10.0 Å². The normalized spacial score (nSPS) is 11.7. The van der Waals surface area contributed by atoms with E-state index in [0.29, 0.717) is 12.8 Å². The number of nitrogens with one attached hydrogen (secondary N) is 2. The van der Waals surface area contributed by atoms with Crippen molar-refractivity contribution in [1.29, 1.82) is 0 Å². The lowest BCUT2D eigenvalue weighted by Crippen LogP contribution is -2.25. The molecule has 0 saturated heterocycles. The van der Waals surface area contributed by atoms with E-state index in [0.717, 1.165) is 5.82 Å². The van der Waals surface area contributed by atoms with Crippen LogP contribution < -0.4 is 4.72 Å². The number of nitrogens with zero attached hydrogens (tertiary/aromatic N) is 2. The second-order valence-electron chi connectivity index (χ2n) is 4.04. The Morgan fingerprint density at radius 1 is 1.20 bits per heavy atom. The van der Waals surface area contributed by atoms with E-state index < -0.39 is 10.0 Å². The third-order valence-corrected chi connectivity index (χ3v) is 4.37. The molecule has 0 aliphatic carbocycles. The third-order valence-electron chi connectivity index (χ3n) is 2.49. The van der Waals surface area contributed by atoms with Crippen molar-refractivity contribution >= 4 is 33.2 Å². The van der Waals surface area contributed by atoms with Crippen LogP contribution in [0.2, 0.25) is 10.0 Å². The first kappa shape index (κ1) is 15.2. The molecule has 9 heteroatoms. The van der Waals surface area contributed by atoms with Crippen LogP contribution in [0.3, 0.4) is 0 Å². The summed E-state index contributed by atoms with van der Waals surface area (Å²) in [6.07, 6.45) is 2.62. The summed E-state index contributed by atoms with van der Waals surface area (Å²) >= 11 is 11.6. The summed E-state index contributed by atoms with van der Waals surface area (Å²) in [5.74, 6) is 0.718. The number of benzene rings is 1. The van der Waals surface area contributed by atoms with Gasteiger partial charge in [-0.15, -0.1) is 0 Å². The molecule has 2 N–H and O–H groups in total. The third kappa shape index (κ3) is 4.17. The van der Waals surface area contributed by atoms with Crippen LogP contribution in [-0.4, -0.2) is 30.1 Å². The number of H-pyrrole nitrogens is 1. The van der Waals surface area contributed by atoms with E-state index in [2.05, 4.69) is 19.9 Å². The van der Waals surface area contributed by atoms with Crippen LogP contribution in [0.15, 0.2) is 29.4 Å². The summed E-state index contributed by atoms with van der Waals surface area (Å²) in [6, 6.07) is 4.18. The molecule has 0 fully saturated rings. The standard InChI is InChI=1S/C11H12Cl2N4O2S/c12-8-4-9(13)6-10(5-8)20(18,19)16-3-1-2-11-14-7-15-17-11/h4-7,16H,1-3H2,(H,14,15,17). The Hall–Kier alpha value is -1.15. The van der Waals surface area contributed by atoms with Gasteiger partial charge in [-0.25, -0.2) is 18.1 Å². The molecule has 1 aromatic heterocycles. The van der Waals surface area contributed by atoms with Gasteiger partial charge in [0.25, 0.3) is 0 Å². The van der Waals surface area contributed by atoms with Gasteiger partial charge in [0.05, 0.1) is 4.90 Å². The van der Waals surface area contributed by atoms with Crippen LogP contribution in [0.4, 0.5) is 0 Å². The van der Waals surface area contributed by atoms with Gasteiger partial charge in [-0.2, -0.15) is 5.10 Å². The van der Waals surface area contributed by atoms with Gasteiger partial charge in [-0.05, 0) is 24.6 Å². The van der Waals surface area contributed by atoms with E-state index in [1.165, 1.54) is 24.5 Å². The SMILES string of the molecule is O=S(=O)(NCCCc1ncn[nH]1)c1cc(Cl)cc(Cl)c1. The molecular formula is C11H12Cl2N4O2S. The van der Waals surface area contributed by atoms with Crippen LogP contribution in [0.5, 0.6) is 0 Å². The average Bonchev–Trinajstić information content (AvgIpc) is 2.86. The van der Waals surface area contributed by atoms with E-state index in [4.69, 9.17) is 23.2 Å². The molecule has 20 heavy (non-hydrogen) atoms. The van der Waals surface area contributed by atoms with E-state index in [9.17, 15) is 8.42 Å². The molecule has 2 aromatic rings. The molecule has 0 radical (unpaired) electrons. The Balaban J connectivity index is 1.93. The minimum atomic E-state index is -3.61. The van der Waals surface area contributed by atoms with Crippen molar-refractivity contribution in [2.24, 2.45) is 0 Å². The number of aryl methyl sites for hydroxylation is 1. The van der Waals surface area contributed by atoms with Crippen LogP contribution >= 0.6 is 23.2 Å². The van der Waals surface area contributed by atoms with Gasteiger partial charge < -0.3 is 0 Å².